The molecule has 0 saturated carbocycles. The number of hydrogen-bond acceptors (Lipinski definition) is 7. The van der Waals surface area contributed by atoms with Crippen molar-refractivity contribution in [3.8, 4) is 17.2 Å². The Morgan fingerprint density at radius 1 is 1.03 bits per heavy atom. The second kappa shape index (κ2) is 10.5. The average Bonchev–Trinajstić information content (AvgIpc) is 2.77. The fourth-order valence-electron chi connectivity index (χ4n) is 3.49. The van der Waals surface area contributed by atoms with E-state index in [2.05, 4.69) is 10.6 Å². The first-order valence-corrected chi connectivity index (χ1v) is 10.9. The lowest BCUT2D eigenvalue weighted by Crippen LogP contribution is -2.53. The number of alkyl carbamates (subject to hydrolysis) is 1. The van der Waals surface area contributed by atoms with Crippen LogP contribution in [-0.4, -0.2) is 49.9 Å². The van der Waals surface area contributed by atoms with Gasteiger partial charge in [-0.1, -0.05) is 18.2 Å². The molecule has 2 aliphatic rings. The number of amides is 2. The number of benzene rings is 2. The molecule has 2 N–H and O–H groups in total. The van der Waals surface area contributed by atoms with E-state index in [1.807, 2.05) is 0 Å². The highest BCUT2D eigenvalue weighted by Gasteiger charge is 2.30. The van der Waals surface area contributed by atoms with Crippen molar-refractivity contribution in [3.05, 3.63) is 53.6 Å². The standard InChI is InChI=1S/C25H30N2O7/c1-25(2,3)34-24(30)27-18-12-15-6-9-17(10-7-15)33-21-14-16(8-11-20(21)31-4)13-19(23(29)32-5)26-22(18)28/h6-11,14,18-19H,12-13H2,1-5H3,(H,26,28)(H,27,30)/t18-,19+/m0/s1. The van der Waals surface area contributed by atoms with Crippen molar-refractivity contribution >= 4 is 18.0 Å². The Morgan fingerprint density at radius 3 is 2.32 bits per heavy atom. The number of carbonyl (C=O) groups excluding carboxylic acids is 3. The van der Waals surface area contributed by atoms with E-state index >= 15 is 0 Å². The van der Waals surface area contributed by atoms with Gasteiger partial charge in [-0.05, 0) is 56.2 Å². The van der Waals surface area contributed by atoms with E-state index in [1.54, 1.807) is 70.3 Å². The minimum absolute atomic E-state index is 0.148. The van der Waals surface area contributed by atoms with Gasteiger partial charge < -0.3 is 29.6 Å². The number of ether oxygens (including phenoxy) is 4. The molecule has 0 unspecified atom stereocenters. The van der Waals surface area contributed by atoms with Crippen LogP contribution in [0.25, 0.3) is 0 Å². The number of fused-ring (bicyclic) bond motifs is 7. The molecular weight excluding hydrogens is 440 g/mol. The van der Waals surface area contributed by atoms with E-state index in [1.165, 1.54) is 7.11 Å². The van der Waals surface area contributed by atoms with Gasteiger partial charge >= 0.3 is 12.1 Å². The molecule has 9 nitrogen and oxygen atoms in total. The quantitative estimate of drug-likeness (QED) is 0.663. The third-order valence-electron chi connectivity index (χ3n) is 5.07. The molecule has 0 aromatic heterocycles. The van der Waals surface area contributed by atoms with Gasteiger partial charge in [-0.25, -0.2) is 9.59 Å². The third kappa shape index (κ3) is 6.63. The highest BCUT2D eigenvalue weighted by Crippen LogP contribution is 2.33. The summed E-state index contributed by atoms with van der Waals surface area (Å²) in [5, 5.41) is 5.33. The molecule has 2 heterocycles. The SMILES string of the molecule is COC(=O)[C@H]1Cc2ccc(OC)c(c2)Oc2ccc(cc2)C[C@H](NC(=O)OC(C)(C)C)C(=O)N1. The zero-order valence-electron chi connectivity index (χ0n) is 20.0. The average molecular weight is 471 g/mol. The summed E-state index contributed by atoms with van der Waals surface area (Å²) in [4.78, 5) is 38.1. The summed E-state index contributed by atoms with van der Waals surface area (Å²) in [5.74, 6) is 0.428. The summed E-state index contributed by atoms with van der Waals surface area (Å²) in [5.41, 5.74) is 0.759. The molecule has 0 spiro atoms. The van der Waals surface area contributed by atoms with Gasteiger partial charge in [0.05, 0.1) is 14.2 Å². The van der Waals surface area contributed by atoms with Crippen LogP contribution in [0.5, 0.6) is 17.2 Å². The summed E-state index contributed by atoms with van der Waals surface area (Å²) >= 11 is 0. The molecule has 0 saturated heterocycles. The molecule has 4 bridgehead atoms. The van der Waals surface area contributed by atoms with Crippen molar-refractivity contribution < 1.29 is 33.3 Å². The maximum Gasteiger partial charge on any atom is 0.408 e. The van der Waals surface area contributed by atoms with Gasteiger partial charge in [0, 0.05) is 12.8 Å². The molecule has 2 amide bonds. The molecule has 2 aliphatic heterocycles. The van der Waals surface area contributed by atoms with E-state index in [4.69, 9.17) is 18.9 Å². The van der Waals surface area contributed by atoms with Crippen molar-refractivity contribution in [1.82, 2.24) is 10.6 Å². The van der Waals surface area contributed by atoms with Crippen LogP contribution in [-0.2, 0) is 31.9 Å². The van der Waals surface area contributed by atoms with Crippen molar-refractivity contribution in [2.75, 3.05) is 14.2 Å². The van der Waals surface area contributed by atoms with E-state index in [0.717, 1.165) is 11.1 Å². The second-order valence-electron chi connectivity index (χ2n) is 8.92. The number of methoxy groups -OCH3 is 2. The van der Waals surface area contributed by atoms with Gasteiger partial charge in [0.1, 0.15) is 23.4 Å². The van der Waals surface area contributed by atoms with Crippen LogP contribution in [0.15, 0.2) is 42.5 Å². The topological polar surface area (TPSA) is 112 Å². The van der Waals surface area contributed by atoms with Crippen LogP contribution in [0.4, 0.5) is 4.79 Å². The van der Waals surface area contributed by atoms with Crippen LogP contribution in [0.3, 0.4) is 0 Å². The zero-order chi connectivity index (χ0) is 24.9. The Bertz CT molecular complexity index is 1040. The Hall–Kier alpha value is -3.75. The molecule has 2 atom stereocenters. The Balaban J connectivity index is 1.98. The van der Waals surface area contributed by atoms with Gasteiger partial charge in [-0.15, -0.1) is 0 Å². The smallest absolute Gasteiger partial charge is 0.408 e. The van der Waals surface area contributed by atoms with Crippen LogP contribution < -0.4 is 20.1 Å². The summed E-state index contributed by atoms with van der Waals surface area (Å²) in [6.07, 6.45) is -0.410. The van der Waals surface area contributed by atoms with Crippen LogP contribution in [0, 0.1) is 0 Å². The molecule has 2 aromatic carbocycles. The maximum absolute atomic E-state index is 13.2. The maximum atomic E-state index is 13.2. The normalized spacial score (nSPS) is 18.1. The lowest BCUT2D eigenvalue weighted by Gasteiger charge is -2.25. The highest BCUT2D eigenvalue weighted by molar-refractivity contribution is 5.90. The van der Waals surface area contributed by atoms with E-state index in [9.17, 15) is 14.4 Å². The minimum atomic E-state index is -0.983. The number of nitrogens with one attached hydrogen (secondary N) is 2. The summed E-state index contributed by atoms with van der Waals surface area (Å²) in [6.45, 7) is 5.19. The zero-order valence-corrected chi connectivity index (χ0v) is 20.0. The second-order valence-corrected chi connectivity index (χ2v) is 8.92. The molecular formula is C25H30N2O7. The summed E-state index contributed by atoms with van der Waals surface area (Å²) in [7, 11) is 2.79. The Morgan fingerprint density at radius 2 is 1.71 bits per heavy atom. The Labute approximate surface area is 198 Å². The van der Waals surface area contributed by atoms with Crippen LogP contribution in [0.2, 0.25) is 0 Å². The Kier molecular flexibility index (Phi) is 7.65. The van der Waals surface area contributed by atoms with Crippen LogP contribution in [0.1, 0.15) is 31.9 Å². The largest absolute Gasteiger partial charge is 0.493 e. The fourth-order valence-corrected chi connectivity index (χ4v) is 3.49. The van der Waals surface area contributed by atoms with E-state index in [0.29, 0.717) is 17.2 Å². The van der Waals surface area contributed by atoms with Gasteiger partial charge in [-0.3, -0.25) is 4.79 Å². The summed E-state index contributed by atoms with van der Waals surface area (Å²) in [6, 6.07) is 10.4. The van der Waals surface area contributed by atoms with Gasteiger partial charge in [0.15, 0.2) is 11.5 Å². The molecule has 34 heavy (non-hydrogen) atoms. The number of carbonyl (C=O) groups is 3. The number of hydrogen-bond donors (Lipinski definition) is 2. The first-order valence-electron chi connectivity index (χ1n) is 10.9. The number of rotatable bonds is 3. The third-order valence-corrected chi connectivity index (χ3v) is 5.07. The van der Waals surface area contributed by atoms with Crippen molar-refractivity contribution in [1.29, 1.82) is 0 Å². The lowest BCUT2D eigenvalue weighted by molar-refractivity contribution is -0.145. The minimum Gasteiger partial charge on any atom is -0.493 e. The van der Waals surface area contributed by atoms with Crippen molar-refractivity contribution in [2.45, 2.75) is 51.3 Å². The molecule has 0 radical (unpaired) electrons. The van der Waals surface area contributed by atoms with Crippen molar-refractivity contribution in [3.63, 3.8) is 0 Å². The number of esters is 1. The highest BCUT2D eigenvalue weighted by atomic mass is 16.6. The van der Waals surface area contributed by atoms with Gasteiger partial charge in [0.25, 0.3) is 0 Å². The molecule has 9 heteroatoms. The molecule has 0 fully saturated rings. The van der Waals surface area contributed by atoms with Crippen LogP contribution >= 0.6 is 0 Å². The summed E-state index contributed by atoms with van der Waals surface area (Å²) < 4.78 is 21.6. The van der Waals surface area contributed by atoms with E-state index < -0.39 is 35.7 Å². The van der Waals surface area contributed by atoms with Gasteiger partial charge in [-0.2, -0.15) is 0 Å². The van der Waals surface area contributed by atoms with E-state index in [-0.39, 0.29) is 12.8 Å². The monoisotopic (exact) mass is 470 g/mol. The lowest BCUT2D eigenvalue weighted by atomic mass is 10.0. The molecule has 182 valence electrons. The predicted molar refractivity (Wildman–Crippen MR) is 124 cm³/mol. The van der Waals surface area contributed by atoms with Gasteiger partial charge in [0.2, 0.25) is 5.91 Å². The first-order chi connectivity index (χ1) is 16.1. The molecule has 4 rings (SSSR count). The molecule has 0 aliphatic carbocycles. The fraction of sp³-hybridized carbons (Fsp3) is 0.400. The predicted octanol–water partition coefficient (Wildman–Crippen LogP) is 3.14. The first kappa shape index (κ1) is 24.9. The van der Waals surface area contributed by atoms with Crippen molar-refractivity contribution in [2.24, 2.45) is 0 Å². The molecule has 2 aromatic rings.